The van der Waals surface area contributed by atoms with Crippen molar-refractivity contribution in [2.75, 3.05) is 13.2 Å². The number of furan rings is 1. The second kappa shape index (κ2) is 4.45. The Kier molecular flexibility index (Phi) is 3.13. The zero-order chi connectivity index (χ0) is 13.3. The molecule has 1 amide bonds. The molecule has 0 radical (unpaired) electrons. The van der Waals surface area contributed by atoms with Crippen LogP contribution in [0, 0.1) is 13.8 Å². The molecule has 1 unspecified atom stereocenters. The summed E-state index contributed by atoms with van der Waals surface area (Å²) in [6.07, 6.45) is 0.257. The van der Waals surface area contributed by atoms with Gasteiger partial charge in [0.05, 0.1) is 6.61 Å². The van der Waals surface area contributed by atoms with Crippen molar-refractivity contribution in [1.82, 2.24) is 5.32 Å². The number of aryl methyl sites for hydroxylation is 2. The monoisotopic (exact) mass is 253 g/mol. The molecule has 6 nitrogen and oxygen atoms in total. The molecular formula is C12H15NO5. The number of rotatable bonds is 3. The molecule has 1 fully saturated rings. The first-order valence-electron chi connectivity index (χ1n) is 5.65. The molecule has 6 heteroatoms. The highest BCUT2D eigenvalue weighted by molar-refractivity contribution is 5.97. The molecule has 1 atom stereocenters. The minimum atomic E-state index is -1.34. The summed E-state index contributed by atoms with van der Waals surface area (Å²) in [5.41, 5.74) is -0.658. The lowest BCUT2D eigenvalue weighted by Crippen LogP contribution is -2.55. The Balaban J connectivity index is 2.20. The van der Waals surface area contributed by atoms with E-state index in [0.717, 1.165) is 0 Å². The van der Waals surface area contributed by atoms with Crippen molar-refractivity contribution in [3.63, 3.8) is 0 Å². The molecule has 0 spiro atoms. The average Bonchev–Trinajstić information content (AvgIpc) is 2.86. The maximum Gasteiger partial charge on any atom is 0.331 e. The van der Waals surface area contributed by atoms with Gasteiger partial charge in [0, 0.05) is 18.6 Å². The van der Waals surface area contributed by atoms with Crippen LogP contribution < -0.4 is 5.32 Å². The molecule has 0 saturated carbocycles. The molecule has 0 aliphatic carbocycles. The van der Waals surface area contributed by atoms with E-state index < -0.39 is 17.4 Å². The van der Waals surface area contributed by atoms with Crippen molar-refractivity contribution in [3.8, 4) is 0 Å². The lowest BCUT2D eigenvalue weighted by atomic mass is 9.99. The van der Waals surface area contributed by atoms with E-state index in [0.29, 0.717) is 17.9 Å². The summed E-state index contributed by atoms with van der Waals surface area (Å²) >= 11 is 0. The van der Waals surface area contributed by atoms with Gasteiger partial charge in [-0.05, 0) is 19.9 Å². The lowest BCUT2D eigenvalue weighted by Gasteiger charge is -2.23. The Bertz CT molecular complexity index is 485. The molecule has 1 saturated heterocycles. The van der Waals surface area contributed by atoms with E-state index in [-0.39, 0.29) is 18.8 Å². The summed E-state index contributed by atoms with van der Waals surface area (Å²) in [5, 5.41) is 11.7. The lowest BCUT2D eigenvalue weighted by molar-refractivity contribution is -0.144. The summed E-state index contributed by atoms with van der Waals surface area (Å²) in [6, 6.07) is 1.73. The van der Waals surface area contributed by atoms with Crippen LogP contribution in [0.3, 0.4) is 0 Å². The SMILES string of the molecule is Cc1cc(C)c(C(=O)NC2(C(=O)O)CCOC2)o1. The van der Waals surface area contributed by atoms with Gasteiger partial charge < -0.3 is 19.6 Å². The largest absolute Gasteiger partial charge is 0.479 e. The molecule has 1 aromatic heterocycles. The third-order valence-corrected chi connectivity index (χ3v) is 3.03. The predicted molar refractivity (Wildman–Crippen MR) is 61.5 cm³/mol. The molecule has 18 heavy (non-hydrogen) atoms. The number of carbonyl (C=O) groups excluding carboxylic acids is 1. The fourth-order valence-corrected chi connectivity index (χ4v) is 2.03. The molecular weight excluding hydrogens is 238 g/mol. The quantitative estimate of drug-likeness (QED) is 0.834. The maximum atomic E-state index is 12.0. The first kappa shape index (κ1) is 12.6. The summed E-state index contributed by atoms with van der Waals surface area (Å²) < 4.78 is 10.3. The first-order valence-corrected chi connectivity index (χ1v) is 5.65. The van der Waals surface area contributed by atoms with Crippen molar-refractivity contribution in [1.29, 1.82) is 0 Å². The summed E-state index contributed by atoms with van der Waals surface area (Å²) in [4.78, 5) is 23.3. The second-order valence-electron chi connectivity index (χ2n) is 4.51. The standard InChI is InChI=1S/C12H15NO5/c1-7-5-8(2)18-9(7)10(14)13-12(11(15)16)3-4-17-6-12/h5H,3-4,6H2,1-2H3,(H,13,14)(H,15,16). The number of hydrogen-bond donors (Lipinski definition) is 2. The van der Waals surface area contributed by atoms with Crippen LogP contribution in [0.25, 0.3) is 0 Å². The van der Waals surface area contributed by atoms with Gasteiger partial charge in [-0.3, -0.25) is 4.79 Å². The number of amides is 1. The van der Waals surface area contributed by atoms with Crippen molar-refractivity contribution in [3.05, 3.63) is 23.2 Å². The minimum Gasteiger partial charge on any atom is -0.479 e. The van der Waals surface area contributed by atoms with Crippen LogP contribution in [-0.4, -0.2) is 35.7 Å². The number of hydrogen-bond acceptors (Lipinski definition) is 4. The van der Waals surface area contributed by atoms with Crippen LogP contribution in [0.4, 0.5) is 0 Å². The number of carboxylic acids is 1. The predicted octanol–water partition coefficient (Wildman–Crippen LogP) is 0.870. The fraction of sp³-hybridized carbons (Fsp3) is 0.500. The minimum absolute atomic E-state index is 0.0210. The topological polar surface area (TPSA) is 88.8 Å². The molecule has 1 aliphatic heterocycles. The highest BCUT2D eigenvalue weighted by Crippen LogP contribution is 2.21. The molecule has 1 aromatic rings. The molecule has 0 bridgehead atoms. The van der Waals surface area contributed by atoms with Gasteiger partial charge in [0.25, 0.3) is 5.91 Å². The number of carbonyl (C=O) groups is 2. The Labute approximate surface area is 104 Å². The van der Waals surface area contributed by atoms with E-state index >= 15 is 0 Å². The maximum absolute atomic E-state index is 12.0. The zero-order valence-corrected chi connectivity index (χ0v) is 10.3. The van der Waals surface area contributed by atoms with Crippen LogP contribution in [-0.2, 0) is 9.53 Å². The molecule has 98 valence electrons. The Morgan fingerprint density at radius 2 is 2.17 bits per heavy atom. The Morgan fingerprint density at radius 3 is 2.61 bits per heavy atom. The normalized spacial score (nSPS) is 23.0. The van der Waals surface area contributed by atoms with Crippen molar-refractivity contribution in [2.24, 2.45) is 0 Å². The number of carboxylic acid groups (broad SMARTS) is 1. The van der Waals surface area contributed by atoms with E-state index in [2.05, 4.69) is 5.32 Å². The van der Waals surface area contributed by atoms with Gasteiger partial charge in [-0.15, -0.1) is 0 Å². The smallest absolute Gasteiger partial charge is 0.331 e. The van der Waals surface area contributed by atoms with Crippen molar-refractivity contribution in [2.45, 2.75) is 25.8 Å². The van der Waals surface area contributed by atoms with Crippen molar-refractivity contribution < 1.29 is 23.8 Å². The molecule has 1 aliphatic rings. The van der Waals surface area contributed by atoms with Gasteiger partial charge in [0.1, 0.15) is 5.76 Å². The van der Waals surface area contributed by atoms with E-state index in [4.69, 9.17) is 9.15 Å². The summed E-state index contributed by atoms with van der Waals surface area (Å²) in [5.74, 6) is -0.840. The molecule has 2 heterocycles. The first-order chi connectivity index (χ1) is 8.44. The summed E-state index contributed by atoms with van der Waals surface area (Å²) in [6.45, 7) is 3.77. The zero-order valence-electron chi connectivity index (χ0n) is 10.3. The molecule has 2 N–H and O–H groups in total. The van der Waals surface area contributed by atoms with Crippen LogP contribution in [0.1, 0.15) is 28.3 Å². The van der Waals surface area contributed by atoms with Crippen molar-refractivity contribution >= 4 is 11.9 Å². The van der Waals surface area contributed by atoms with Crippen LogP contribution in [0.5, 0.6) is 0 Å². The summed E-state index contributed by atoms with van der Waals surface area (Å²) in [7, 11) is 0. The van der Waals surface area contributed by atoms with Gasteiger partial charge in [-0.1, -0.05) is 0 Å². The highest BCUT2D eigenvalue weighted by atomic mass is 16.5. The molecule has 0 aromatic carbocycles. The number of nitrogens with one attached hydrogen (secondary N) is 1. The Morgan fingerprint density at radius 1 is 1.44 bits per heavy atom. The van der Waals surface area contributed by atoms with E-state index in [1.807, 2.05) is 0 Å². The number of aliphatic carboxylic acids is 1. The van der Waals surface area contributed by atoms with Crippen LogP contribution in [0.2, 0.25) is 0 Å². The average molecular weight is 253 g/mol. The highest BCUT2D eigenvalue weighted by Gasteiger charge is 2.44. The second-order valence-corrected chi connectivity index (χ2v) is 4.51. The van der Waals surface area contributed by atoms with Gasteiger partial charge in [0.2, 0.25) is 0 Å². The van der Waals surface area contributed by atoms with E-state index in [9.17, 15) is 14.7 Å². The van der Waals surface area contributed by atoms with Crippen LogP contribution >= 0.6 is 0 Å². The third-order valence-electron chi connectivity index (χ3n) is 3.03. The van der Waals surface area contributed by atoms with Crippen LogP contribution in [0.15, 0.2) is 10.5 Å². The van der Waals surface area contributed by atoms with E-state index in [1.54, 1.807) is 19.9 Å². The fourth-order valence-electron chi connectivity index (χ4n) is 2.03. The van der Waals surface area contributed by atoms with Gasteiger partial charge in [-0.25, -0.2) is 4.79 Å². The van der Waals surface area contributed by atoms with Gasteiger partial charge >= 0.3 is 5.97 Å². The van der Waals surface area contributed by atoms with Gasteiger partial charge in [0.15, 0.2) is 11.3 Å². The molecule has 2 rings (SSSR count). The third kappa shape index (κ3) is 2.11. The Hall–Kier alpha value is -1.82. The number of ether oxygens (including phenoxy) is 1. The van der Waals surface area contributed by atoms with Gasteiger partial charge in [-0.2, -0.15) is 0 Å². The van der Waals surface area contributed by atoms with E-state index in [1.165, 1.54) is 0 Å².